The van der Waals surface area contributed by atoms with E-state index in [1.54, 1.807) is 6.07 Å². The van der Waals surface area contributed by atoms with Crippen LogP contribution in [-0.2, 0) is 4.74 Å². The molecule has 0 bridgehead atoms. The molecule has 0 saturated carbocycles. The molecule has 94 valence electrons. The minimum absolute atomic E-state index is 0.293. The largest absolute Gasteiger partial charge is 0.448 e. The monoisotopic (exact) mass is 240 g/mol. The number of ether oxygens (including phenoxy) is 1. The van der Waals surface area contributed by atoms with Crippen molar-refractivity contribution >= 4 is 11.8 Å². The first-order chi connectivity index (χ1) is 8.22. The maximum absolute atomic E-state index is 12.8. The topological polar surface area (TPSA) is 50.4 Å². The Bertz CT molecular complexity index is 358. The summed E-state index contributed by atoms with van der Waals surface area (Å²) in [5.41, 5.74) is 0.386. The molecule has 4 nitrogen and oxygen atoms in total. The van der Waals surface area contributed by atoms with Gasteiger partial charge in [-0.1, -0.05) is 13.0 Å². The zero-order chi connectivity index (χ0) is 12.5. The first kappa shape index (κ1) is 13.4. The molecule has 1 aromatic rings. The van der Waals surface area contributed by atoms with Crippen molar-refractivity contribution in [3.8, 4) is 0 Å². The van der Waals surface area contributed by atoms with Gasteiger partial charge in [-0.25, -0.2) is 9.18 Å². The van der Waals surface area contributed by atoms with Crippen molar-refractivity contribution in [1.29, 1.82) is 0 Å². The molecule has 1 aromatic carbocycles. The van der Waals surface area contributed by atoms with Crippen molar-refractivity contribution in [3.63, 3.8) is 0 Å². The third kappa shape index (κ3) is 5.87. The van der Waals surface area contributed by atoms with E-state index in [0.29, 0.717) is 18.8 Å². The fourth-order valence-electron chi connectivity index (χ4n) is 1.24. The van der Waals surface area contributed by atoms with E-state index in [9.17, 15) is 9.18 Å². The van der Waals surface area contributed by atoms with Crippen molar-refractivity contribution in [3.05, 3.63) is 30.1 Å². The van der Waals surface area contributed by atoms with E-state index in [4.69, 9.17) is 4.74 Å². The van der Waals surface area contributed by atoms with E-state index in [2.05, 4.69) is 17.6 Å². The number of halogens is 1. The van der Waals surface area contributed by atoms with E-state index in [0.717, 1.165) is 13.0 Å². The highest BCUT2D eigenvalue weighted by atomic mass is 19.1. The molecule has 0 aromatic heterocycles. The third-order valence-electron chi connectivity index (χ3n) is 2.01. The highest BCUT2D eigenvalue weighted by molar-refractivity contribution is 5.84. The highest BCUT2D eigenvalue weighted by Gasteiger charge is 2.02. The third-order valence-corrected chi connectivity index (χ3v) is 2.01. The van der Waals surface area contributed by atoms with Gasteiger partial charge in [0.15, 0.2) is 0 Å². The normalized spacial score (nSPS) is 10.0. The van der Waals surface area contributed by atoms with Crippen molar-refractivity contribution < 1.29 is 13.9 Å². The number of carbonyl (C=O) groups is 1. The molecule has 1 rings (SSSR count). The lowest BCUT2D eigenvalue weighted by Crippen LogP contribution is -2.23. The molecular formula is C12H17FN2O2. The maximum Gasteiger partial charge on any atom is 0.411 e. The van der Waals surface area contributed by atoms with Crippen molar-refractivity contribution in [2.24, 2.45) is 0 Å². The van der Waals surface area contributed by atoms with Crippen LogP contribution in [0.1, 0.15) is 13.3 Å². The lowest BCUT2D eigenvalue weighted by atomic mass is 10.3. The molecule has 17 heavy (non-hydrogen) atoms. The average molecular weight is 240 g/mol. The molecule has 0 unspecified atom stereocenters. The predicted octanol–water partition coefficient (Wildman–Crippen LogP) is 2.37. The Morgan fingerprint density at radius 3 is 2.94 bits per heavy atom. The molecule has 0 aliphatic heterocycles. The van der Waals surface area contributed by atoms with E-state index in [-0.39, 0.29) is 0 Å². The second kappa shape index (κ2) is 7.62. The van der Waals surface area contributed by atoms with Gasteiger partial charge < -0.3 is 10.1 Å². The Hall–Kier alpha value is -1.62. The van der Waals surface area contributed by atoms with Gasteiger partial charge in [0.1, 0.15) is 12.4 Å². The quantitative estimate of drug-likeness (QED) is 0.750. The Balaban J connectivity index is 2.21. The van der Waals surface area contributed by atoms with Gasteiger partial charge in [0.25, 0.3) is 0 Å². The maximum atomic E-state index is 12.8. The van der Waals surface area contributed by atoms with Gasteiger partial charge in [-0.05, 0) is 31.2 Å². The van der Waals surface area contributed by atoms with Crippen molar-refractivity contribution in [2.45, 2.75) is 13.3 Å². The number of carbonyl (C=O) groups excluding carboxylic acids is 1. The number of hydrogen-bond acceptors (Lipinski definition) is 3. The summed E-state index contributed by atoms with van der Waals surface area (Å²) in [7, 11) is 0. The van der Waals surface area contributed by atoms with Crippen LogP contribution >= 0.6 is 0 Å². The summed E-state index contributed by atoms with van der Waals surface area (Å²) in [5, 5.41) is 5.54. The first-order valence-corrected chi connectivity index (χ1v) is 5.62. The minimum Gasteiger partial charge on any atom is -0.448 e. The summed E-state index contributed by atoms with van der Waals surface area (Å²) >= 11 is 0. The lowest BCUT2D eigenvalue weighted by molar-refractivity contribution is 0.162. The minimum atomic E-state index is -0.575. The van der Waals surface area contributed by atoms with Crippen LogP contribution in [0, 0.1) is 5.82 Å². The standard InChI is InChI=1S/C12H17FN2O2/c1-2-6-14-7-8-17-12(16)15-11-5-3-4-10(13)9-11/h3-5,9,14H,2,6-8H2,1H3,(H,15,16). The van der Waals surface area contributed by atoms with Gasteiger partial charge in [-0.3, -0.25) is 5.32 Å². The first-order valence-electron chi connectivity index (χ1n) is 5.62. The fraction of sp³-hybridized carbons (Fsp3) is 0.417. The molecule has 0 saturated heterocycles. The Morgan fingerprint density at radius 1 is 1.41 bits per heavy atom. The SMILES string of the molecule is CCCNCCOC(=O)Nc1cccc(F)c1. The molecule has 0 spiro atoms. The number of anilines is 1. The van der Waals surface area contributed by atoms with Crippen LogP contribution in [0.2, 0.25) is 0 Å². The Labute approximate surface area is 100 Å². The average Bonchev–Trinajstić information content (AvgIpc) is 2.29. The Kier molecular flexibility index (Phi) is 6.03. The van der Waals surface area contributed by atoms with E-state index in [1.165, 1.54) is 18.2 Å². The second-order valence-corrected chi connectivity index (χ2v) is 3.52. The van der Waals surface area contributed by atoms with Crippen molar-refractivity contribution in [1.82, 2.24) is 5.32 Å². The smallest absolute Gasteiger partial charge is 0.411 e. The van der Waals surface area contributed by atoms with Gasteiger partial charge in [0, 0.05) is 12.2 Å². The van der Waals surface area contributed by atoms with Crippen molar-refractivity contribution in [2.75, 3.05) is 25.0 Å². The van der Waals surface area contributed by atoms with E-state index < -0.39 is 11.9 Å². The summed E-state index contributed by atoms with van der Waals surface area (Å²) in [6.07, 6.45) is 0.462. The molecule has 2 N–H and O–H groups in total. The fourth-order valence-corrected chi connectivity index (χ4v) is 1.24. The van der Waals surface area contributed by atoms with E-state index in [1.807, 2.05) is 0 Å². The molecule has 0 heterocycles. The van der Waals surface area contributed by atoms with Gasteiger partial charge in [0.2, 0.25) is 0 Å². The molecule has 0 radical (unpaired) electrons. The molecular weight excluding hydrogens is 223 g/mol. The van der Waals surface area contributed by atoms with Gasteiger partial charge in [0.05, 0.1) is 0 Å². The number of nitrogens with one attached hydrogen (secondary N) is 2. The summed E-state index contributed by atoms with van der Waals surface area (Å²) in [6, 6.07) is 5.66. The molecule has 0 aliphatic carbocycles. The van der Waals surface area contributed by atoms with Crippen LogP contribution in [0.3, 0.4) is 0 Å². The Morgan fingerprint density at radius 2 is 2.24 bits per heavy atom. The summed E-state index contributed by atoms with van der Waals surface area (Å²) in [5.74, 6) is -0.396. The van der Waals surface area contributed by atoms with Crippen LogP contribution in [-0.4, -0.2) is 25.8 Å². The summed E-state index contributed by atoms with van der Waals surface area (Å²) in [4.78, 5) is 11.3. The zero-order valence-electron chi connectivity index (χ0n) is 9.83. The number of amides is 1. The van der Waals surface area contributed by atoms with Crippen LogP contribution < -0.4 is 10.6 Å². The predicted molar refractivity (Wildman–Crippen MR) is 64.5 cm³/mol. The molecule has 0 aliphatic rings. The van der Waals surface area contributed by atoms with Crippen LogP contribution in [0.5, 0.6) is 0 Å². The lowest BCUT2D eigenvalue weighted by Gasteiger charge is -2.07. The van der Waals surface area contributed by atoms with Crippen LogP contribution in [0.4, 0.5) is 14.9 Å². The van der Waals surface area contributed by atoms with E-state index >= 15 is 0 Å². The number of benzene rings is 1. The van der Waals surface area contributed by atoms with Crippen LogP contribution in [0.25, 0.3) is 0 Å². The molecule has 5 heteroatoms. The molecule has 0 atom stereocenters. The van der Waals surface area contributed by atoms with Gasteiger partial charge in [-0.2, -0.15) is 0 Å². The number of hydrogen-bond donors (Lipinski definition) is 2. The summed E-state index contributed by atoms with van der Waals surface area (Å²) < 4.78 is 17.7. The van der Waals surface area contributed by atoms with Gasteiger partial charge in [-0.15, -0.1) is 0 Å². The molecule has 0 fully saturated rings. The second-order valence-electron chi connectivity index (χ2n) is 3.52. The highest BCUT2D eigenvalue weighted by Crippen LogP contribution is 2.08. The summed E-state index contributed by atoms with van der Waals surface area (Å²) in [6.45, 7) is 3.87. The van der Waals surface area contributed by atoms with Gasteiger partial charge >= 0.3 is 6.09 Å². The zero-order valence-corrected chi connectivity index (χ0v) is 9.83. The number of rotatable bonds is 6. The van der Waals surface area contributed by atoms with Crippen LogP contribution in [0.15, 0.2) is 24.3 Å². The molecule has 1 amide bonds.